The van der Waals surface area contributed by atoms with Crippen LogP contribution in [-0.4, -0.2) is 11.3 Å². The second-order valence-corrected chi connectivity index (χ2v) is 16.8. The van der Waals surface area contributed by atoms with E-state index < -0.39 is 0 Å². The molecule has 3 aromatic rings. The SMILES string of the molecule is Cc1cc(C)c2c(c1)c1cc(C)cc(C)c1n2C1=CC2C3=CC=CC4=CC=C5C(B6C2C(=C1)C1C=CC=C2C=CC(C6C21)C5(C)C)C43. The van der Waals surface area contributed by atoms with Crippen LogP contribution in [0.4, 0.5) is 0 Å². The van der Waals surface area contributed by atoms with Crippen LogP contribution in [0.5, 0.6) is 0 Å². The zero-order chi connectivity index (χ0) is 31.7. The number of aryl methyl sites for hydroxylation is 4. The van der Waals surface area contributed by atoms with Crippen LogP contribution in [0.1, 0.15) is 36.1 Å². The predicted molar refractivity (Wildman–Crippen MR) is 199 cm³/mol. The van der Waals surface area contributed by atoms with E-state index in [0.717, 1.165) is 0 Å². The molecule has 3 fully saturated rings. The number of hydrogen-bond acceptors (Lipinski definition) is 0. The van der Waals surface area contributed by atoms with Crippen molar-refractivity contribution in [1.82, 2.24) is 4.57 Å². The Morgan fingerprint density at radius 2 is 1.45 bits per heavy atom. The molecule has 8 aliphatic rings. The maximum Gasteiger partial charge on any atom is 0.162 e. The topological polar surface area (TPSA) is 4.93 Å². The lowest BCUT2D eigenvalue weighted by molar-refractivity contribution is 0.200. The van der Waals surface area contributed by atoms with E-state index in [1.165, 1.54) is 55.3 Å². The van der Waals surface area contributed by atoms with Crippen LogP contribution >= 0.6 is 0 Å². The van der Waals surface area contributed by atoms with Gasteiger partial charge in [-0.2, -0.15) is 0 Å². The molecule has 0 saturated carbocycles. The van der Waals surface area contributed by atoms with Gasteiger partial charge in [0.15, 0.2) is 6.71 Å². The molecule has 1 aromatic heterocycles. The highest BCUT2D eigenvalue weighted by atomic mass is 15.0. The van der Waals surface area contributed by atoms with Gasteiger partial charge in [0.05, 0.1) is 11.0 Å². The second-order valence-electron chi connectivity index (χ2n) is 16.8. The van der Waals surface area contributed by atoms with Gasteiger partial charge in [0.1, 0.15) is 0 Å². The molecule has 2 aromatic carbocycles. The van der Waals surface area contributed by atoms with Crippen molar-refractivity contribution in [2.75, 3.05) is 0 Å². The van der Waals surface area contributed by atoms with E-state index >= 15 is 0 Å². The van der Waals surface area contributed by atoms with Crippen LogP contribution in [0.2, 0.25) is 17.5 Å². The molecule has 8 unspecified atom stereocenters. The fourth-order valence-electron chi connectivity index (χ4n) is 12.8. The summed E-state index contributed by atoms with van der Waals surface area (Å²) in [5, 5.41) is 2.78. The zero-order valence-electron chi connectivity index (χ0n) is 28.4. The molecule has 4 heterocycles. The van der Waals surface area contributed by atoms with Gasteiger partial charge in [-0.3, -0.25) is 0 Å². The molecule has 47 heavy (non-hydrogen) atoms. The van der Waals surface area contributed by atoms with E-state index in [1.807, 2.05) is 0 Å². The number of hydrogen-bond donors (Lipinski definition) is 0. The van der Waals surface area contributed by atoms with E-state index in [9.17, 15) is 0 Å². The van der Waals surface area contributed by atoms with E-state index in [2.05, 4.69) is 143 Å². The van der Waals surface area contributed by atoms with Crippen LogP contribution in [-0.2, 0) is 0 Å². The van der Waals surface area contributed by atoms with E-state index in [4.69, 9.17) is 0 Å². The lowest BCUT2D eigenvalue weighted by Gasteiger charge is -2.67. The Morgan fingerprint density at radius 1 is 0.702 bits per heavy atom. The zero-order valence-corrected chi connectivity index (χ0v) is 28.4. The summed E-state index contributed by atoms with van der Waals surface area (Å²) in [6.45, 7) is 14.9. The fraction of sp³-hybridized carbons (Fsp3) is 0.333. The van der Waals surface area contributed by atoms with Crippen LogP contribution < -0.4 is 0 Å². The minimum Gasteiger partial charge on any atom is -0.309 e. The van der Waals surface area contributed by atoms with Crippen molar-refractivity contribution in [3.63, 3.8) is 0 Å². The van der Waals surface area contributed by atoms with E-state index in [1.54, 1.807) is 22.3 Å². The summed E-state index contributed by atoms with van der Waals surface area (Å²) in [6.07, 6.45) is 30.4. The Bertz CT molecular complexity index is 2250. The first-order valence-corrected chi connectivity index (χ1v) is 18.1. The molecular weight excluding hydrogens is 565 g/mol. The number of nitrogens with zero attached hydrogens (tertiary/aromatic N) is 1. The van der Waals surface area contributed by atoms with Crippen LogP contribution in [0.15, 0.2) is 125 Å². The van der Waals surface area contributed by atoms with Gasteiger partial charge in [0, 0.05) is 34.2 Å². The average molecular weight is 608 g/mol. The third-order valence-corrected chi connectivity index (χ3v) is 14.1. The van der Waals surface area contributed by atoms with Crippen molar-refractivity contribution in [1.29, 1.82) is 0 Å². The summed E-state index contributed by atoms with van der Waals surface area (Å²) in [6, 6.07) is 9.62. The van der Waals surface area contributed by atoms with Gasteiger partial charge in [-0.1, -0.05) is 121 Å². The molecule has 0 amide bonds. The normalized spacial score (nSPS) is 34.4. The van der Waals surface area contributed by atoms with Crippen molar-refractivity contribution in [2.24, 2.45) is 35.0 Å². The molecule has 11 rings (SSSR count). The number of allylic oxidation sites excluding steroid dienone is 18. The van der Waals surface area contributed by atoms with Crippen molar-refractivity contribution in [3.8, 4) is 0 Å². The maximum absolute atomic E-state index is 2.74. The molecule has 0 spiro atoms. The Hall–Kier alpha value is -4.04. The molecule has 3 aliphatic heterocycles. The largest absolute Gasteiger partial charge is 0.309 e. The highest BCUT2D eigenvalue weighted by Gasteiger charge is 2.68. The van der Waals surface area contributed by atoms with Gasteiger partial charge in [-0.25, -0.2) is 0 Å². The lowest BCUT2D eigenvalue weighted by atomic mass is 9.10. The highest BCUT2D eigenvalue weighted by molar-refractivity contribution is 6.67. The minimum absolute atomic E-state index is 0.159. The monoisotopic (exact) mass is 607 g/mol. The lowest BCUT2D eigenvalue weighted by Crippen LogP contribution is -2.62. The fourth-order valence-corrected chi connectivity index (χ4v) is 12.8. The molecule has 0 N–H and O–H groups in total. The first-order valence-electron chi connectivity index (χ1n) is 18.1. The molecule has 0 radical (unpaired) electrons. The Labute approximate surface area is 279 Å². The number of rotatable bonds is 1. The van der Waals surface area contributed by atoms with Gasteiger partial charge in [-0.05, 0) is 103 Å². The number of fused-ring (bicyclic) bond motifs is 5. The molecule has 0 bridgehead atoms. The van der Waals surface area contributed by atoms with Crippen LogP contribution in [0.3, 0.4) is 0 Å². The van der Waals surface area contributed by atoms with Gasteiger partial charge in [0.2, 0.25) is 0 Å². The third kappa shape index (κ3) is 3.15. The maximum atomic E-state index is 2.74. The predicted octanol–water partition coefficient (Wildman–Crippen LogP) is 11.0. The molecule has 230 valence electrons. The molecule has 8 atom stereocenters. The standard InChI is InChI=1S/C45H42BN/c1-23-17-25(3)43-34(19-23)35-20-24(2)18-26(4)44(35)47(43)29-21-32-30-11-7-9-27-13-15-36-41(38(27)30)46-40(32)33(22-29)31-12-8-10-28-14-16-37(45(36,5)6)42(46)39(28)31/h7-22,30,33,36,38-42H,1-6H3. The van der Waals surface area contributed by atoms with Gasteiger partial charge in [-0.15, -0.1) is 0 Å². The van der Waals surface area contributed by atoms with Crippen molar-refractivity contribution in [3.05, 3.63) is 147 Å². The summed E-state index contributed by atoms with van der Waals surface area (Å²) in [7, 11) is 0. The smallest absolute Gasteiger partial charge is 0.162 e. The Balaban J connectivity index is 1.23. The van der Waals surface area contributed by atoms with Gasteiger partial charge >= 0.3 is 0 Å². The summed E-state index contributed by atoms with van der Waals surface area (Å²) >= 11 is 0. The number of aromatic nitrogens is 1. The summed E-state index contributed by atoms with van der Waals surface area (Å²) in [5.74, 6) is 4.30. The molecular formula is C45H42BN. The van der Waals surface area contributed by atoms with Gasteiger partial charge < -0.3 is 4.57 Å². The van der Waals surface area contributed by atoms with Crippen molar-refractivity contribution >= 4 is 34.2 Å². The van der Waals surface area contributed by atoms with Crippen LogP contribution in [0.25, 0.3) is 27.5 Å². The molecule has 2 heteroatoms. The molecule has 5 aliphatic carbocycles. The first-order chi connectivity index (χ1) is 22.7. The Kier molecular flexibility index (Phi) is 4.99. The number of benzene rings is 2. The second kappa shape index (κ2) is 8.70. The van der Waals surface area contributed by atoms with Gasteiger partial charge in [0.25, 0.3) is 0 Å². The minimum atomic E-state index is 0.159. The highest BCUT2D eigenvalue weighted by Crippen LogP contribution is 2.75. The van der Waals surface area contributed by atoms with Crippen LogP contribution in [0, 0.1) is 62.7 Å². The van der Waals surface area contributed by atoms with Crippen molar-refractivity contribution < 1.29 is 0 Å². The molecule has 3 saturated heterocycles. The quantitative estimate of drug-likeness (QED) is 0.243. The summed E-state index contributed by atoms with van der Waals surface area (Å²) in [5.41, 5.74) is 17.9. The Morgan fingerprint density at radius 3 is 2.19 bits per heavy atom. The first kappa shape index (κ1) is 27.0. The van der Waals surface area contributed by atoms with E-state index in [-0.39, 0.29) is 5.41 Å². The third-order valence-electron chi connectivity index (χ3n) is 14.1. The van der Waals surface area contributed by atoms with Crippen molar-refractivity contribution in [2.45, 2.75) is 59.0 Å². The summed E-state index contributed by atoms with van der Waals surface area (Å²) < 4.78 is 2.68. The average Bonchev–Trinajstić information content (AvgIpc) is 3.38. The molecule has 1 nitrogen and oxygen atoms in total. The van der Waals surface area contributed by atoms with E-state index in [0.29, 0.717) is 53.8 Å². The summed E-state index contributed by atoms with van der Waals surface area (Å²) in [4.78, 5) is 0.